The highest BCUT2D eigenvalue weighted by molar-refractivity contribution is 5.96. The molecule has 2 rings (SSSR count). The number of ketones is 1. The number of benzene rings is 1. The second kappa shape index (κ2) is 8.21. The SMILES string of the molecule is CC(C)CCn1ccn(CC(=O)c2cc(C(C)(C)C)c(O)c(C(C)(C)C)c2)c1=N. The predicted molar refractivity (Wildman–Crippen MR) is 118 cm³/mol. The molecule has 0 bridgehead atoms. The first-order chi connectivity index (χ1) is 13.2. The average molecular weight is 400 g/mol. The number of carbonyl (C=O) groups is 1. The van der Waals surface area contributed by atoms with Crippen LogP contribution in [0, 0.1) is 11.3 Å². The number of Topliss-reactive ketones (excluding diaryl/α,β-unsaturated/α-hetero) is 1. The van der Waals surface area contributed by atoms with Crippen LogP contribution in [0.5, 0.6) is 5.75 Å². The van der Waals surface area contributed by atoms with Gasteiger partial charge >= 0.3 is 0 Å². The summed E-state index contributed by atoms with van der Waals surface area (Å²) in [5, 5.41) is 19.2. The zero-order valence-electron chi connectivity index (χ0n) is 19.3. The maximum atomic E-state index is 13.1. The van der Waals surface area contributed by atoms with Crippen LogP contribution in [-0.2, 0) is 23.9 Å². The van der Waals surface area contributed by atoms with Crippen molar-refractivity contribution in [1.29, 1.82) is 5.41 Å². The quantitative estimate of drug-likeness (QED) is 0.671. The zero-order chi connectivity index (χ0) is 22.1. The van der Waals surface area contributed by atoms with Gasteiger partial charge in [0, 0.05) is 35.6 Å². The van der Waals surface area contributed by atoms with E-state index in [0.29, 0.717) is 17.1 Å². The molecular formula is C24H37N3O2. The Hall–Kier alpha value is -2.30. The maximum Gasteiger partial charge on any atom is 0.202 e. The number of phenolic OH excluding ortho intramolecular Hbond substituents is 1. The standard InChI is InChI=1S/C24H37N3O2/c1-16(2)9-10-26-11-12-27(22(26)25)15-20(28)17-13-18(23(3,4)5)21(29)19(14-17)24(6,7)8/h11-14,16,25,29H,9-10,15H2,1-8H3. The minimum Gasteiger partial charge on any atom is -0.507 e. The Kier molecular flexibility index (Phi) is 6.51. The van der Waals surface area contributed by atoms with Crippen LogP contribution in [0.15, 0.2) is 24.5 Å². The Labute approximate surface area is 174 Å². The van der Waals surface area contributed by atoms with Crippen LogP contribution < -0.4 is 5.62 Å². The topological polar surface area (TPSA) is 71.0 Å². The Bertz CT molecular complexity index is 899. The van der Waals surface area contributed by atoms with Crippen LogP contribution in [0.2, 0.25) is 0 Å². The number of carbonyl (C=O) groups excluding carboxylic acids is 1. The third-order valence-corrected chi connectivity index (χ3v) is 5.28. The monoisotopic (exact) mass is 399 g/mol. The highest BCUT2D eigenvalue weighted by atomic mass is 16.3. The van der Waals surface area contributed by atoms with E-state index in [1.807, 2.05) is 64.4 Å². The molecule has 2 N–H and O–H groups in total. The van der Waals surface area contributed by atoms with Crippen molar-refractivity contribution in [3.63, 3.8) is 0 Å². The number of phenols is 1. The van der Waals surface area contributed by atoms with Crippen LogP contribution in [0.4, 0.5) is 0 Å². The summed E-state index contributed by atoms with van der Waals surface area (Å²) in [6.45, 7) is 17.4. The number of aryl methyl sites for hydroxylation is 1. The molecule has 0 amide bonds. The molecule has 1 aromatic carbocycles. The number of hydrogen-bond donors (Lipinski definition) is 2. The van der Waals surface area contributed by atoms with Gasteiger partial charge in [0.05, 0.1) is 6.54 Å². The largest absolute Gasteiger partial charge is 0.507 e. The van der Waals surface area contributed by atoms with Crippen molar-refractivity contribution in [2.24, 2.45) is 5.92 Å². The van der Waals surface area contributed by atoms with Gasteiger partial charge in [0.1, 0.15) is 5.75 Å². The molecule has 5 nitrogen and oxygen atoms in total. The van der Waals surface area contributed by atoms with Gasteiger partial charge in [-0.1, -0.05) is 55.4 Å². The van der Waals surface area contributed by atoms with Crippen LogP contribution in [-0.4, -0.2) is 20.0 Å². The summed E-state index contributed by atoms with van der Waals surface area (Å²) in [6.07, 6.45) is 4.67. The Morgan fingerprint density at radius 2 is 1.48 bits per heavy atom. The fourth-order valence-electron chi connectivity index (χ4n) is 3.36. The summed E-state index contributed by atoms with van der Waals surface area (Å²) in [7, 11) is 0. The fourth-order valence-corrected chi connectivity index (χ4v) is 3.36. The number of aromatic nitrogens is 2. The summed E-state index contributed by atoms with van der Waals surface area (Å²) < 4.78 is 3.56. The van der Waals surface area contributed by atoms with Crippen LogP contribution in [0.1, 0.15) is 83.3 Å². The van der Waals surface area contributed by atoms with Crippen molar-refractivity contribution >= 4 is 5.78 Å². The minimum absolute atomic E-state index is 0.0545. The second-order valence-electron chi connectivity index (χ2n) is 10.5. The van der Waals surface area contributed by atoms with E-state index in [4.69, 9.17) is 5.41 Å². The fraction of sp³-hybridized carbons (Fsp3) is 0.583. The van der Waals surface area contributed by atoms with Crippen molar-refractivity contribution in [3.8, 4) is 5.75 Å². The first-order valence-corrected chi connectivity index (χ1v) is 10.4. The molecule has 5 heteroatoms. The van der Waals surface area contributed by atoms with E-state index in [-0.39, 0.29) is 28.9 Å². The molecule has 29 heavy (non-hydrogen) atoms. The molecule has 1 heterocycles. The van der Waals surface area contributed by atoms with Crippen LogP contribution in [0.25, 0.3) is 0 Å². The van der Waals surface area contributed by atoms with Gasteiger partial charge in [0.25, 0.3) is 0 Å². The van der Waals surface area contributed by atoms with Crippen LogP contribution >= 0.6 is 0 Å². The van der Waals surface area contributed by atoms with Crippen molar-refractivity contribution < 1.29 is 9.90 Å². The van der Waals surface area contributed by atoms with Gasteiger partial charge in [-0.15, -0.1) is 0 Å². The summed E-state index contributed by atoms with van der Waals surface area (Å²) in [6, 6.07) is 3.62. The predicted octanol–water partition coefficient (Wildman–Crippen LogP) is 5.00. The molecule has 2 aromatic rings. The maximum absolute atomic E-state index is 13.1. The lowest BCUT2D eigenvalue weighted by molar-refractivity contribution is 0.0969. The van der Waals surface area contributed by atoms with E-state index < -0.39 is 0 Å². The van der Waals surface area contributed by atoms with E-state index >= 15 is 0 Å². The van der Waals surface area contributed by atoms with Gasteiger partial charge in [-0.05, 0) is 35.3 Å². The van der Waals surface area contributed by atoms with Gasteiger partial charge < -0.3 is 14.2 Å². The van der Waals surface area contributed by atoms with Gasteiger partial charge in [-0.3, -0.25) is 10.2 Å². The summed E-state index contributed by atoms with van der Waals surface area (Å²) in [5.41, 5.74) is 1.91. The van der Waals surface area contributed by atoms with Gasteiger partial charge in [0.15, 0.2) is 5.78 Å². The molecule has 0 atom stereocenters. The highest BCUT2D eigenvalue weighted by Gasteiger charge is 2.27. The average Bonchev–Trinajstić information content (AvgIpc) is 2.91. The lowest BCUT2D eigenvalue weighted by Crippen LogP contribution is -2.28. The molecule has 0 fully saturated rings. The van der Waals surface area contributed by atoms with Crippen molar-refractivity contribution in [2.75, 3.05) is 0 Å². The molecule has 160 valence electrons. The molecule has 0 aliphatic carbocycles. The first kappa shape index (κ1) is 23.0. The Morgan fingerprint density at radius 1 is 1.00 bits per heavy atom. The molecule has 0 saturated carbocycles. The number of hydrogen-bond acceptors (Lipinski definition) is 3. The number of aromatic hydroxyl groups is 1. The van der Waals surface area contributed by atoms with Crippen LogP contribution in [0.3, 0.4) is 0 Å². The molecule has 1 aromatic heterocycles. The summed E-state index contributed by atoms with van der Waals surface area (Å²) in [4.78, 5) is 13.1. The molecular weight excluding hydrogens is 362 g/mol. The minimum atomic E-state index is -0.283. The summed E-state index contributed by atoms with van der Waals surface area (Å²) >= 11 is 0. The molecule has 0 aliphatic rings. The Morgan fingerprint density at radius 3 is 1.93 bits per heavy atom. The molecule has 0 saturated heterocycles. The lowest BCUT2D eigenvalue weighted by Gasteiger charge is -2.28. The zero-order valence-corrected chi connectivity index (χ0v) is 19.3. The molecule has 0 aliphatic heterocycles. The summed E-state index contributed by atoms with van der Waals surface area (Å²) in [5.74, 6) is 0.784. The molecule has 0 spiro atoms. The molecule has 0 radical (unpaired) electrons. The van der Waals surface area contributed by atoms with E-state index in [1.165, 1.54) is 0 Å². The van der Waals surface area contributed by atoms with Gasteiger partial charge in [0.2, 0.25) is 5.62 Å². The highest BCUT2D eigenvalue weighted by Crippen LogP contribution is 2.39. The third kappa shape index (κ3) is 5.40. The van der Waals surface area contributed by atoms with Gasteiger partial charge in [-0.25, -0.2) is 0 Å². The second-order valence-corrected chi connectivity index (χ2v) is 10.5. The normalized spacial score (nSPS) is 12.6. The number of imidazole rings is 1. The Balaban J connectivity index is 2.40. The number of nitrogens with zero attached hydrogens (tertiary/aromatic N) is 2. The van der Waals surface area contributed by atoms with Crippen molar-refractivity contribution in [1.82, 2.24) is 9.13 Å². The number of nitrogens with one attached hydrogen (secondary N) is 1. The van der Waals surface area contributed by atoms with Gasteiger partial charge in [-0.2, -0.15) is 0 Å². The van der Waals surface area contributed by atoms with E-state index in [0.717, 1.165) is 24.1 Å². The van der Waals surface area contributed by atoms with Crippen molar-refractivity contribution in [2.45, 2.75) is 85.7 Å². The van der Waals surface area contributed by atoms with E-state index in [9.17, 15) is 9.90 Å². The van der Waals surface area contributed by atoms with E-state index in [2.05, 4.69) is 13.8 Å². The third-order valence-electron chi connectivity index (χ3n) is 5.28. The van der Waals surface area contributed by atoms with E-state index in [1.54, 1.807) is 10.8 Å². The van der Waals surface area contributed by atoms with Crippen molar-refractivity contribution in [3.05, 3.63) is 46.8 Å². The number of rotatable bonds is 6. The lowest BCUT2D eigenvalue weighted by atomic mass is 9.78. The molecule has 0 unspecified atom stereocenters. The first-order valence-electron chi connectivity index (χ1n) is 10.4. The smallest absolute Gasteiger partial charge is 0.202 e.